The molecule has 0 spiro atoms. The van der Waals surface area contributed by atoms with Crippen molar-refractivity contribution in [1.82, 2.24) is 14.8 Å². The van der Waals surface area contributed by atoms with Gasteiger partial charge in [0.15, 0.2) is 0 Å². The zero-order valence-electron chi connectivity index (χ0n) is 14.2. The fourth-order valence-corrected chi connectivity index (χ4v) is 3.03. The molecule has 3 aromatic rings. The van der Waals surface area contributed by atoms with E-state index in [0.717, 1.165) is 18.5 Å². The summed E-state index contributed by atoms with van der Waals surface area (Å²) in [7, 11) is 1.77. The highest BCUT2D eigenvalue weighted by atomic mass is 35.5. The van der Waals surface area contributed by atoms with Gasteiger partial charge >= 0.3 is 6.61 Å². The normalized spacial score (nSPS) is 14.0. The van der Waals surface area contributed by atoms with Crippen LogP contribution in [0.2, 0.25) is 5.02 Å². The number of fused-ring (bicyclic) bond motifs is 1. The van der Waals surface area contributed by atoms with E-state index < -0.39 is 6.61 Å². The van der Waals surface area contributed by atoms with E-state index in [-0.39, 0.29) is 18.1 Å². The first kappa shape index (κ1) is 17.7. The van der Waals surface area contributed by atoms with Crippen molar-refractivity contribution in [2.45, 2.75) is 25.4 Å². The average molecular weight is 395 g/mol. The molecule has 1 aliphatic carbocycles. The predicted octanol–water partition coefficient (Wildman–Crippen LogP) is 4.60. The van der Waals surface area contributed by atoms with Crippen LogP contribution in [-0.2, 0) is 7.05 Å². The van der Waals surface area contributed by atoms with E-state index in [0.29, 0.717) is 28.2 Å². The molecule has 1 aliphatic rings. The highest BCUT2D eigenvalue weighted by Crippen LogP contribution is 2.40. The Morgan fingerprint density at radius 3 is 2.85 bits per heavy atom. The number of aryl methyl sites for hydroxylation is 1. The third kappa shape index (κ3) is 3.71. The minimum atomic E-state index is -2.98. The van der Waals surface area contributed by atoms with Gasteiger partial charge < -0.3 is 10.1 Å². The van der Waals surface area contributed by atoms with Crippen molar-refractivity contribution in [1.29, 1.82) is 0 Å². The summed E-state index contributed by atoms with van der Waals surface area (Å²) in [5.41, 5.74) is 1.68. The summed E-state index contributed by atoms with van der Waals surface area (Å²) in [4.78, 5) is 16.7. The fraction of sp³-hybridized carbons (Fsp3) is 0.278. The number of pyridine rings is 1. The Hall–Kier alpha value is -2.74. The number of nitrogens with one attached hydrogen (secondary N) is 1. The van der Waals surface area contributed by atoms with Crippen LogP contribution in [0.1, 0.15) is 36.2 Å². The minimum Gasteiger partial charge on any atom is -0.433 e. The molecule has 0 unspecified atom stereocenters. The Bertz CT molecular complexity index is 1040. The molecule has 9 heteroatoms. The number of rotatable bonds is 5. The van der Waals surface area contributed by atoms with Gasteiger partial charge in [-0.25, -0.2) is 0 Å². The Morgan fingerprint density at radius 1 is 1.37 bits per heavy atom. The van der Waals surface area contributed by atoms with Crippen molar-refractivity contribution >= 4 is 34.2 Å². The maximum atomic E-state index is 12.6. The molecule has 0 atom stereocenters. The molecule has 27 heavy (non-hydrogen) atoms. The zero-order chi connectivity index (χ0) is 19.1. The molecule has 6 nitrogen and oxygen atoms in total. The number of halogens is 3. The Kier molecular flexibility index (Phi) is 4.43. The first-order valence-corrected chi connectivity index (χ1v) is 8.68. The van der Waals surface area contributed by atoms with Crippen LogP contribution in [0.15, 0.2) is 30.5 Å². The number of alkyl halides is 2. The van der Waals surface area contributed by atoms with Crippen LogP contribution in [-0.4, -0.2) is 27.3 Å². The molecule has 1 aromatic carbocycles. The number of hydrogen-bond donors (Lipinski definition) is 1. The van der Waals surface area contributed by atoms with Crippen molar-refractivity contribution in [3.05, 3.63) is 46.7 Å². The molecule has 4 rings (SSSR count). The number of carbonyl (C=O) groups excluding carboxylic acids is 1. The molecule has 0 bridgehead atoms. The van der Waals surface area contributed by atoms with Gasteiger partial charge in [0, 0.05) is 38.1 Å². The second-order valence-electron chi connectivity index (χ2n) is 6.38. The van der Waals surface area contributed by atoms with Crippen LogP contribution in [0.5, 0.6) is 5.75 Å². The lowest BCUT2D eigenvalue weighted by Crippen LogP contribution is -2.14. The van der Waals surface area contributed by atoms with E-state index in [9.17, 15) is 13.6 Å². The standard InChI is InChI=1S/C18H15ClF2N4O2.H2/c1-25-16(7-14(24-25)9-2-3-9)23-17(26)11-4-10-5-12(19)15(27-18(20)21)6-13(10)22-8-11;/h4-9,18H,2-3H2,1H3,(H,23,26);1H. The van der Waals surface area contributed by atoms with Crippen molar-refractivity contribution in [3.8, 4) is 5.75 Å². The van der Waals surface area contributed by atoms with Gasteiger partial charge in [-0.15, -0.1) is 0 Å². The van der Waals surface area contributed by atoms with Crippen LogP contribution in [0.4, 0.5) is 14.6 Å². The number of carbonyl (C=O) groups is 1. The van der Waals surface area contributed by atoms with Gasteiger partial charge in [-0.05, 0) is 25.0 Å². The maximum Gasteiger partial charge on any atom is 0.387 e. The van der Waals surface area contributed by atoms with Crippen LogP contribution in [0.25, 0.3) is 10.9 Å². The first-order chi connectivity index (χ1) is 12.9. The molecule has 2 heterocycles. The topological polar surface area (TPSA) is 69.0 Å². The monoisotopic (exact) mass is 394 g/mol. The summed E-state index contributed by atoms with van der Waals surface area (Å²) in [6.07, 6.45) is 3.62. The van der Waals surface area contributed by atoms with Crippen molar-refractivity contribution in [2.75, 3.05) is 5.32 Å². The summed E-state index contributed by atoms with van der Waals surface area (Å²) in [5, 5.41) is 7.78. The third-order valence-electron chi connectivity index (χ3n) is 4.35. The van der Waals surface area contributed by atoms with E-state index in [4.69, 9.17) is 11.6 Å². The fourth-order valence-electron chi connectivity index (χ4n) is 2.81. The summed E-state index contributed by atoms with van der Waals surface area (Å²) in [6, 6.07) is 6.21. The quantitative estimate of drug-likeness (QED) is 0.686. The van der Waals surface area contributed by atoms with Gasteiger partial charge in [-0.2, -0.15) is 13.9 Å². The SMILES string of the molecule is Cn1nc(C2CC2)cc1NC(=O)c1cnc2cc(OC(F)F)c(Cl)cc2c1.[HH]. The molecule has 1 saturated carbocycles. The number of benzene rings is 1. The van der Waals surface area contributed by atoms with E-state index in [1.807, 2.05) is 6.07 Å². The summed E-state index contributed by atoms with van der Waals surface area (Å²) in [6.45, 7) is -2.98. The van der Waals surface area contributed by atoms with Gasteiger partial charge in [0.05, 0.1) is 21.8 Å². The van der Waals surface area contributed by atoms with Crippen molar-refractivity contribution in [3.63, 3.8) is 0 Å². The van der Waals surface area contributed by atoms with Gasteiger partial charge in [-0.3, -0.25) is 14.5 Å². The number of ether oxygens (including phenoxy) is 1. The number of aromatic nitrogens is 3. The molecule has 1 N–H and O–H groups in total. The van der Waals surface area contributed by atoms with Crippen LogP contribution in [0, 0.1) is 0 Å². The molecule has 1 fully saturated rings. The second-order valence-corrected chi connectivity index (χ2v) is 6.79. The highest BCUT2D eigenvalue weighted by Gasteiger charge is 2.27. The van der Waals surface area contributed by atoms with Crippen LogP contribution in [0.3, 0.4) is 0 Å². The van der Waals surface area contributed by atoms with Crippen LogP contribution < -0.4 is 10.1 Å². The first-order valence-electron chi connectivity index (χ1n) is 8.30. The van der Waals surface area contributed by atoms with E-state index in [2.05, 4.69) is 20.1 Å². The average Bonchev–Trinajstić information content (AvgIpc) is 3.39. The van der Waals surface area contributed by atoms with Gasteiger partial charge in [0.1, 0.15) is 11.6 Å². The van der Waals surface area contributed by atoms with E-state index in [1.165, 1.54) is 18.3 Å². The van der Waals surface area contributed by atoms with Gasteiger partial charge in [0.25, 0.3) is 5.91 Å². The Morgan fingerprint density at radius 2 is 2.15 bits per heavy atom. The van der Waals surface area contributed by atoms with E-state index in [1.54, 1.807) is 17.8 Å². The number of anilines is 1. The maximum absolute atomic E-state index is 12.6. The summed E-state index contributed by atoms with van der Waals surface area (Å²) >= 11 is 5.97. The molecular weight excluding hydrogens is 378 g/mol. The lowest BCUT2D eigenvalue weighted by molar-refractivity contribution is -0.0497. The molecular formula is C18H17ClF2N4O2. The number of hydrogen-bond acceptors (Lipinski definition) is 4. The molecule has 0 saturated heterocycles. The zero-order valence-corrected chi connectivity index (χ0v) is 15.0. The number of amides is 1. The van der Waals surface area contributed by atoms with Gasteiger partial charge in [-0.1, -0.05) is 11.6 Å². The van der Waals surface area contributed by atoms with Crippen molar-refractivity contribution < 1.29 is 19.7 Å². The molecule has 0 aliphatic heterocycles. The Labute approximate surface area is 159 Å². The van der Waals surface area contributed by atoms with Gasteiger partial charge in [0.2, 0.25) is 0 Å². The highest BCUT2D eigenvalue weighted by molar-refractivity contribution is 6.32. The predicted molar refractivity (Wildman–Crippen MR) is 98.6 cm³/mol. The summed E-state index contributed by atoms with van der Waals surface area (Å²) in [5.74, 6) is 0.571. The minimum absolute atomic E-state index is 0. The molecule has 2 aromatic heterocycles. The molecule has 142 valence electrons. The molecule has 1 amide bonds. The van der Waals surface area contributed by atoms with Crippen LogP contribution >= 0.6 is 11.6 Å². The van der Waals surface area contributed by atoms with E-state index >= 15 is 0 Å². The lowest BCUT2D eigenvalue weighted by atomic mass is 10.1. The second kappa shape index (κ2) is 6.77. The summed E-state index contributed by atoms with van der Waals surface area (Å²) < 4.78 is 30.8. The smallest absolute Gasteiger partial charge is 0.387 e. The number of nitrogens with zero attached hydrogens (tertiary/aromatic N) is 3. The largest absolute Gasteiger partial charge is 0.433 e. The Balaban J connectivity index is 0.00000225. The van der Waals surface area contributed by atoms with Crippen molar-refractivity contribution in [2.24, 2.45) is 7.05 Å². The third-order valence-corrected chi connectivity index (χ3v) is 4.64. The lowest BCUT2D eigenvalue weighted by Gasteiger charge is -2.09. The molecule has 0 radical (unpaired) electrons.